The molecule has 0 radical (unpaired) electrons. The minimum Gasteiger partial charge on any atom is -0.354 e. The third kappa shape index (κ3) is 3.20. The highest BCUT2D eigenvalue weighted by molar-refractivity contribution is 5.85. The monoisotopic (exact) mass is 213 g/mol. The number of amides is 2. The Morgan fingerprint density at radius 2 is 2.27 bits per heavy atom. The molecule has 15 heavy (non-hydrogen) atoms. The van der Waals surface area contributed by atoms with E-state index in [-0.39, 0.29) is 11.9 Å². The maximum atomic E-state index is 11.9. The summed E-state index contributed by atoms with van der Waals surface area (Å²) in [5.41, 5.74) is 4.92. The van der Waals surface area contributed by atoms with Gasteiger partial charge in [-0.3, -0.25) is 9.59 Å². The van der Waals surface area contributed by atoms with E-state index in [0.29, 0.717) is 13.0 Å². The molecule has 1 heterocycles. The average molecular weight is 213 g/mol. The van der Waals surface area contributed by atoms with Crippen LogP contribution in [0.3, 0.4) is 0 Å². The van der Waals surface area contributed by atoms with Crippen LogP contribution >= 0.6 is 0 Å². The highest BCUT2D eigenvalue weighted by atomic mass is 16.2. The zero-order valence-electron chi connectivity index (χ0n) is 9.32. The molecule has 0 bridgehead atoms. The van der Waals surface area contributed by atoms with Crippen LogP contribution in [0.5, 0.6) is 0 Å². The van der Waals surface area contributed by atoms with Crippen molar-refractivity contribution in [1.82, 2.24) is 10.2 Å². The van der Waals surface area contributed by atoms with Gasteiger partial charge in [-0.05, 0) is 26.7 Å². The number of nitrogens with one attached hydrogen (secondary N) is 1. The van der Waals surface area contributed by atoms with Gasteiger partial charge in [0, 0.05) is 19.1 Å². The molecule has 1 aliphatic heterocycles. The van der Waals surface area contributed by atoms with Crippen LogP contribution < -0.4 is 11.1 Å². The number of piperidine rings is 1. The molecule has 5 heteroatoms. The van der Waals surface area contributed by atoms with Crippen LogP contribution in [-0.2, 0) is 9.59 Å². The molecule has 0 spiro atoms. The molecule has 0 aliphatic carbocycles. The first-order valence-corrected chi connectivity index (χ1v) is 5.23. The fourth-order valence-corrected chi connectivity index (χ4v) is 1.80. The van der Waals surface area contributed by atoms with Crippen molar-refractivity contribution in [2.45, 2.75) is 38.3 Å². The minimum absolute atomic E-state index is 0.0556. The Balaban J connectivity index is 2.56. The lowest BCUT2D eigenvalue weighted by molar-refractivity contribution is -0.137. The molecule has 1 atom stereocenters. The highest BCUT2D eigenvalue weighted by Crippen LogP contribution is 2.13. The van der Waals surface area contributed by atoms with Crippen LogP contribution in [0.2, 0.25) is 0 Å². The predicted molar refractivity (Wildman–Crippen MR) is 57.1 cm³/mol. The molecule has 5 nitrogen and oxygen atoms in total. The molecule has 86 valence electrons. The van der Waals surface area contributed by atoms with Crippen molar-refractivity contribution in [3.05, 3.63) is 0 Å². The van der Waals surface area contributed by atoms with Crippen molar-refractivity contribution in [2.75, 3.05) is 13.1 Å². The second-order valence-corrected chi connectivity index (χ2v) is 4.60. The topological polar surface area (TPSA) is 75.4 Å². The average Bonchev–Trinajstić information content (AvgIpc) is 2.16. The number of hydrogen-bond acceptors (Lipinski definition) is 3. The van der Waals surface area contributed by atoms with Crippen LogP contribution in [0.15, 0.2) is 0 Å². The first-order chi connectivity index (χ1) is 6.95. The molecular weight excluding hydrogens is 194 g/mol. The maximum Gasteiger partial charge on any atom is 0.242 e. The Labute approximate surface area is 90.0 Å². The van der Waals surface area contributed by atoms with Crippen LogP contribution in [0.25, 0.3) is 0 Å². The summed E-state index contributed by atoms with van der Waals surface area (Å²) in [4.78, 5) is 23.9. The van der Waals surface area contributed by atoms with Gasteiger partial charge in [0.15, 0.2) is 0 Å². The molecule has 0 aromatic heterocycles. The molecule has 2 amide bonds. The van der Waals surface area contributed by atoms with E-state index in [1.54, 1.807) is 18.7 Å². The van der Waals surface area contributed by atoms with Crippen molar-refractivity contribution < 1.29 is 9.59 Å². The van der Waals surface area contributed by atoms with Crippen LogP contribution in [0.4, 0.5) is 0 Å². The summed E-state index contributed by atoms with van der Waals surface area (Å²) >= 11 is 0. The third-order valence-corrected chi connectivity index (χ3v) is 2.56. The number of carbonyl (C=O) groups is 2. The summed E-state index contributed by atoms with van der Waals surface area (Å²) in [5.74, 6) is -0.0556. The van der Waals surface area contributed by atoms with Crippen molar-refractivity contribution in [3.8, 4) is 0 Å². The summed E-state index contributed by atoms with van der Waals surface area (Å²) < 4.78 is 0. The van der Waals surface area contributed by atoms with E-state index >= 15 is 0 Å². The molecule has 0 unspecified atom stereocenters. The zero-order chi connectivity index (χ0) is 11.5. The molecule has 1 rings (SSSR count). The van der Waals surface area contributed by atoms with Gasteiger partial charge in [-0.15, -0.1) is 0 Å². The fraction of sp³-hybridized carbons (Fsp3) is 0.800. The van der Waals surface area contributed by atoms with Crippen LogP contribution in [-0.4, -0.2) is 41.9 Å². The van der Waals surface area contributed by atoms with Crippen LogP contribution in [0, 0.1) is 0 Å². The summed E-state index contributed by atoms with van der Waals surface area (Å²) in [7, 11) is 0. The Morgan fingerprint density at radius 3 is 2.80 bits per heavy atom. The number of carbonyl (C=O) groups excluding carboxylic acids is 2. The Hall–Kier alpha value is -1.10. The van der Waals surface area contributed by atoms with E-state index < -0.39 is 5.54 Å². The lowest BCUT2D eigenvalue weighted by Crippen LogP contribution is -2.56. The second-order valence-electron chi connectivity index (χ2n) is 4.60. The highest BCUT2D eigenvalue weighted by Gasteiger charge is 2.31. The van der Waals surface area contributed by atoms with Crippen molar-refractivity contribution in [1.29, 1.82) is 0 Å². The second kappa shape index (κ2) is 4.61. The summed E-state index contributed by atoms with van der Waals surface area (Å²) in [6.45, 7) is 4.70. The van der Waals surface area contributed by atoms with Gasteiger partial charge in [0.05, 0.1) is 5.54 Å². The first kappa shape index (κ1) is 12.0. The SMILES string of the molecule is CC(C)(N)C(=O)N1CCC[C@@H](NC=O)C1. The molecule has 0 aromatic carbocycles. The molecular formula is C10H19N3O2. The number of nitrogens with two attached hydrogens (primary N) is 1. The van der Waals surface area contributed by atoms with Crippen molar-refractivity contribution >= 4 is 12.3 Å². The molecule has 0 saturated carbocycles. The standard InChI is InChI=1S/C10H19N3O2/c1-10(2,11)9(15)13-5-3-4-8(6-13)12-7-14/h7-8H,3-6,11H2,1-2H3,(H,12,14)/t8-/m1/s1. The molecule has 3 N–H and O–H groups in total. The van der Waals surface area contributed by atoms with Crippen molar-refractivity contribution in [3.63, 3.8) is 0 Å². The number of likely N-dealkylation sites (tertiary alicyclic amines) is 1. The Kier molecular flexibility index (Phi) is 3.68. The summed E-state index contributed by atoms with van der Waals surface area (Å²) in [6.07, 6.45) is 2.52. The number of nitrogens with zero attached hydrogens (tertiary/aromatic N) is 1. The van der Waals surface area contributed by atoms with E-state index in [2.05, 4.69) is 5.32 Å². The van der Waals surface area contributed by atoms with E-state index in [1.165, 1.54) is 0 Å². The van der Waals surface area contributed by atoms with Crippen LogP contribution in [0.1, 0.15) is 26.7 Å². The van der Waals surface area contributed by atoms with Gasteiger partial charge < -0.3 is 16.0 Å². The Morgan fingerprint density at radius 1 is 1.60 bits per heavy atom. The zero-order valence-corrected chi connectivity index (χ0v) is 9.32. The summed E-state index contributed by atoms with van der Waals surface area (Å²) in [6, 6.07) is 0.0718. The predicted octanol–water partition coefficient (Wildman–Crippen LogP) is -0.539. The first-order valence-electron chi connectivity index (χ1n) is 5.23. The van der Waals surface area contributed by atoms with E-state index in [1.807, 2.05) is 0 Å². The largest absolute Gasteiger partial charge is 0.354 e. The summed E-state index contributed by atoms with van der Waals surface area (Å²) in [5, 5.41) is 2.71. The maximum absolute atomic E-state index is 11.9. The van der Waals surface area contributed by atoms with E-state index in [9.17, 15) is 9.59 Å². The van der Waals surface area contributed by atoms with Gasteiger partial charge in [0.1, 0.15) is 0 Å². The van der Waals surface area contributed by atoms with E-state index in [0.717, 1.165) is 19.4 Å². The van der Waals surface area contributed by atoms with E-state index in [4.69, 9.17) is 5.73 Å². The molecule has 1 saturated heterocycles. The number of hydrogen-bond donors (Lipinski definition) is 2. The lowest BCUT2D eigenvalue weighted by atomic mass is 10.0. The third-order valence-electron chi connectivity index (χ3n) is 2.56. The van der Waals surface area contributed by atoms with Gasteiger partial charge in [-0.2, -0.15) is 0 Å². The molecule has 1 fully saturated rings. The van der Waals surface area contributed by atoms with Gasteiger partial charge in [-0.25, -0.2) is 0 Å². The van der Waals surface area contributed by atoms with Crippen molar-refractivity contribution in [2.24, 2.45) is 5.73 Å². The smallest absolute Gasteiger partial charge is 0.242 e. The molecule has 0 aromatic rings. The van der Waals surface area contributed by atoms with Gasteiger partial charge in [-0.1, -0.05) is 0 Å². The fourth-order valence-electron chi connectivity index (χ4n) is 1.80. The minimum atomic E-state index is -0.830. The number of rotatable bonds is 3. The lowest BCUT2D eigenvalue weighted by Gasteiger charge is -2.36. The van der Waals surface area contributed by atoms with Gasteiger partial charge in [0.2, 0.25) is 12.3 Å². The van der Waals surface area contributed by atoms with Gasteiger partial charge in [0.25, 0.3) is 0 Å². The Bertz CT molecular complexity index is 248. The molecule has 1 aliphatic rings. The quantitative estimate of drug-likeness (QED) is 0.618. The van der Waals surface area contributed by atoms with Gasteiger partial charge >= 0.3 is 0 Å². The normalized spacial score (nSPS) is 22.3.